The van der Waals surface area contributed by atoms with Crippen molar-refractivity contribution in [3.05, 3.63) is 24.0 Å². The van der Waals surface area contributed by atoms with Gasteiger partial charge in [-0.25, -0.2) is 0 Å². The van der Waals surface area contributed by atoms with Crippen LogP contribution in [-0.4, -0.2) is 23.7 Å². The third-order valence-corrected chi connectivity index (χ3v) is 3.55. The van der Waals surface area contributed by atoms with Crippen LogP contribution in [-0.2, 0) is 6.42 Å². The summed E-state index contributed by atoms with van der Waals surface area (Å²) in [4.78, 5) is 4.29. The van der Waals surface area contributed by atoms with Crippen LogP contribution in [0.5, 0.6) is 5.75 Å². The minimum atomic E-state index is 0.190. The molecule has 0 bridgehead atoms. The Labute approximate surface area is 130 Å². The first-order valence-corrected chi connectivity index (χ1v) is 8.17. The number of rotatable bonds is 8. The lowest BCUT2D eigenvalue weighted by molar-refractivity contribution is 0.240. The zero-order valence-electron chi connectivity index (χ0n) is 14.6. The number of nitrogens with one attached hydrogen (secondary N) is 1. The van der Waals surface area contributed by atoms with Gasteiger partial charge in [0.15, 0.2) is 0 Å². The van der Waals surface area contributed by atoms with Gasteiger partial charge >= 0.3 is 0 Å². The Morgan fingerprint density at radius 2 is 1.95 bits per heavy atom. The molecule has 0 saturated carbocycles. The van der Waals surface area contributed by atoms with Crippen LogP contribution in [0, 0.1) is 5.41 Å². The van der Waals surface area contributed by atoms with Gasteiger partial charge in [0.25, 0.3) is 0 Å². The van der Waals surface area contributed by atoms with E-state index in [0.29, 0.717) is 6.04 Å². The Morgan fingerprint density at radius 1 is 1.24 bits per heavy atom. The Kier molecular flexibility index (Phi) is 7.16. The van der Waals surface area contributed by atoms with E-state index in [9.17, 15) is 0 Å². The van der Waals surface area contributed by atoms with Gasteiger partial charge in [-0.2, -0.15) is 0 Å². The van der Waals surface area contributed by atoms with Crippen LogP contribution in [0.3, 0.4) is 0 Å². The zero-order valence-corrected chi connectivity index (χ0v) is 14.6. The summed E-state index contributed by atoms with van der Waals surface area (Å²) in [6.45, 7) is 14.3. The molecule has 0 aliphatic carbocycles. The van der Waals surface area contributed by atoms with Gasteiger partial charge in [-0.15, -0.1) is 0 Å². The van der Waals surface area contributed by atoms with Crippen molar-refractivity contribution in [3.63, 3.8) is 0 Å². The molecule has 3 nitrogen and oxygen atoms in total. The summed E-state index contributed by atoms with van der Waals surface area (Å²) in [5, 5.41) is 3.67. The van der Waals surface area contributed by atoms with Crippen LogP contribution in [0.2, 0.25) is 0 Å². The standard InChI is InChI=1S/C18H32N2O/c1-7-10-20-17(18(4,5)6)9-8-15-11-16(13-19-12-15)21-14(2)3/h11-14,17,20H,7-10H2,1-6H3. The van der Waals surface area contributed by atoms with E-state index in [2.05, 4.69) is 44.1 Å². The fourth-order valence-corrected chi connectivity index (χ4v) is 2.41. The van der Waals surface area contributed by atoms with Gasteiger partial charge in [-0.05, 0) is 56.7 Å². The van der Waals surface area contributed by atoms with Crippen LogP contribution >= 0.6 is 0 Å². The lowest BCUT2D eigenvalue weighted by Crippen LogP contribution is -2.41. The maximum Gasteiger partial charge on any atom is 0.138 e. The van der Waals surface area contributed by atoms with E-state index in [1.807, 2.05) is 20.0 Å². The molecule has 0 radical (unpaired) electrons. The van der Waals surface area contributed by atoms with Gasteiger partial charge in [0, 0.05) is 12.2 Å². The maximum atomic E-state index is 5.72. The zero-order chi connectivity index (χ0) is 15.9. The van der Waals surface area contributed by atoms with E-state index < -0.39 is 0 Å². The molecule has 1 aromatic heterocycles. The van der Waals surface area contributed by atoms with Crippen LogP contribution in [0.4, 0.5) is 0 Å². The van der Waals surface area contributed by atoms with Crippen molar-refractivity contribution in [2.45, 2.75) is 73.0 Å². The van der Waals surface area contributed by atoms with Gasteiger partial charge in [0.2, 0.25) is 0 Å². The number of hydrogen-bond donors (Lipinski definition) is 1. The van der Waals surface area contributed by atoms with E-state index in [1.165, 1.54) is 12.0 Å². The Hall–Kier alpha value is -1.09. The first-order chi connectivity index (χ1) is 9.82. The molecule has 0 spiro atoms. The molecule has 0 saturated heterocycles. The second-order valence-electron chi connectivity index (χ2n) is 7.11. The van der Waals surface area contributed by atoms with Gasteiger partial charge < -0.3 is 10.1 Å². The highest BCUT2D eigenvalue weighted by molar-refractivity contribution is 5.24. The van der Waals surface area contributed by atoms with E-state index in [0.717, 1.165) is 25.1 Å². The topological polar surface area (TPSA) is 34.2 Å². The molecule has 1 N–H and O–H groups in total. The van der Waals surface area contributed by atoms with Crippen molar-refractivity contribution in [1.29, 1.82) is 0 Å². The Bertz CT molecular complexity index is 410. The normalized spacial score (nSPS) is 13.5. The molecule has 1 atom stereocenters. The summed E-state index contributed by atoms with van der Waals surface area (Å²) >= 11 is 0. The van der Waals surface area contributed by atoms with Crippen LogP contribution in [0.25, 0.3) is 0 Å². The van der Waals surface area contributed by atoms with Crippen LogP contribution in [0.1, 0.15) is 59.9 Å². The third kappa shape index (κ3) is 6.94. The Morgan fingerprint density at radius 3 is 2.52 bits per heavy atom. The third-order valence-electron chi connectivity index (χ3n) is 3.55. The van der Waals surface area contributed by atoms with Crippen LogP contribution < -0.4 is 10.1 Å². The van der Waals surface area contributed by atoms with E-state index in [-0.39, 0.29) is 11.5 Å². The van der Waals surface area contributed by atoms with E-state index in [4.69, 9.17) is 4.74 Å². The molecule has 120 valence electrons. The fourth-order valence-electron chi connectivity index (χ4n) is 2.41. The molecule has 1 aromatic rings. The SMILES string of the molecule is CCCNC(CCc1cncc(OC(C)C)c1)C(C)(C)C. The molecule has 1 unspecified atom stereocenters. The van der Waals surface area contributed by atoms with Gasteiger partial charge in [-0.1, -0.05) is 27.7 Å². The van der Waals surface area contributed by atoms with Gasteiger partial charge in [-0.3, -0.25) is 4.98 Å². The molecule has 1 heterocycles. The lowest BCUT2D eigenvalue weighted by Gasteiger charge is -2.32. The Balaban J connectivity index is 2.62. The highest BCUT2D eigenvalue weighted by Crippen LogP contribution is 2.24. The molecule has 3 heteroatoms. The molecule has 0 aromatic carbocycles. The van der Waals surface area contributed by atoms with E-state index in [1.54, 1.807) is 6.20 Å². The highest BCUT2D eigenvalue weighted by atomic mass is 16.5. The summed E-state index contributed by atoms with van der Waals surface area (Å²) in [5.74, 6) is 0.872. The smallest absolute Gasteiger partial charge is 0.138 e. The van der Waals surface area contributed by atoms with E-state index >= 15 is 0 Å². The van der Waals surface area contributed by atoms with Crippen LogP contribution in [0.15, 0.2) is 18.5 Å². The minimum absolute atomic E-state index is 0.190. The highest BCUT2D eigenvalue weighted by Gasteiger charge is 2.23. The summed E-state index contributed by atoms with van der Waals surface area (Å²) in [7, 11) is 0. The van der Waals surface area contributed by atoms with Gasteiger partial charge in [0.1, 0.15) is 5.75 Å². The maximum absolute atomic E-state index is 5.72. The summed E-state index contributed by atoms with van der Waals surface area (Å²) in [5.41, 5.74) is 1.52. The number of pyridine rings is 1. The average Bonchev–Trinajstić information content (AvgIpc) is 2.37. The summed E-state index contributed by atoms with van der Waals surface area (Å²) in [6, 6.07) is 2.64. The monoisotopic (exact) mass is 292 g/mol. The number of nitrogens with zero attached hydrogens (tertiary/aromatic N) is 1. The number of aromatic nitrogens is 1. The summed E-state index contributed by atoms with van der Waals surface area (Å²) < 4.78 is 5.72. The second kappa shape index (κ2) is 8.38. The first-order valence-electron chi connectivity index (χ1n) is 8.17. The van der Waals surface area contributed by atoms with Gasteiger partial charge in [0.05, 0.1) is 12.3 Å². The van der Waals surface area contributed by atoms with Crippen molar-refractivity contribution in [2.75, 3.05) is 6.54 Å². The second-order valence-corrected chi connectivity index (χ2v) is 7.11. The predicted octanol–water partition coefficient (Wildman–Crippen LogP) is 4.22. The molecular weight excluding hydrogens is 260 g/mol. The van der Waals surface area contributed by atoms with Crippen molar-refractivity contribution >= 4 is 0 Å². The fraction of sp³-hybridized carbons (Fsp3) is 0.722. The number of ether oxygens (including phenoxy) is 1. The molecule has 0 fully saturated rings. The van der Waals surface area contributed by atoms with Crippen molar-refractivity contribution < 1.29 is 4.74 Å². The number of hydrogen-bond acceptors (Lipinski definition) is 3. The molecule has 0 aliphatic rings. The molecule has 0 amide bonds. The quantitative estimate of drug-likeness (QED) is 0.779. The minimum Gasteiger partial charge on any atom is -0.489 e. The predicted molar refractivity (Wildman–Crippen MR) is 89.9 cm³/mol. The number of aryl methyl sites for hydroxylation is 1. The first kappa shape index (κ1) is 18.0. The molecular formula is C18H32N2O. The molecule has 1 rings (SSSR count). The van der Waals surface area contributed by atoms with Crippen molar-refractivity contribution in [3.8, 4) is 5.75 Å². The average molecular weight is 292 g/mol. The molecule has 21 heavy (non-hydrogen) atoms. The summed E-state index contributed by atoms with van der Waals surface area (Å²) in [6.07, 6.45) is 7.26. The van der Waals surface area contributed by atoms with Crippen molar-refractivity contribution in [1.82, 2.24) is 10.3 Å². The molecule has 0 aliphatic heterocycles. The van der Waals surface area contributed by atoms with Crippen molar-refractivity contribution in [2.24, 2.45) is 5.41 Å². The lowest BCUT2D eigenvalue weighted by atomic mass is 9.83. The largest absolute Gasteiger partial charge is 0.489 e.